The third-order valence-electron chi connectivity index (χ3n) is 2.00. The molecule has 94 valence electrons. The number of aromatic nitrogens is 2. The molecule has 0 amide bonds. The van der Waals surface area contributed by atoms with E-state index in [-0.39, 0.29) is 15.9 Å². The zero-order valence-electron chi connectivity index (χ0n) is 8.84. The van der Waals surface area contributed by atoms with Gasteiger partial charge in [0.25, 0.3) is 10.0 Å². The average molecular weight is 396 g/mol. The Morgan fingerprint density at radius 1 is 1.17 bits per heavy atom. The van der Waals surface area contributed by atoms with Crippen LogP contribution in [0.2, 0.25) is 5.15 Å². The van der Waals surface area contributed by atoms with Gasteiger partial charge in [0.1, 0.15) is 17.3 Å². The summed E-state index contributed by atoms with van der Waals surface area (Å²) in [4.78, 5) is 7.62. The summed E-state index contributed by atoms with van der Waals surface area (Å²) in [6.07, 6.45) is 1.19. The summed E-state index contributed by atoms with van der Waals surface area (Å²) in [6.45, 7) is 0. The molecule has 18 heavy (non-hydrogen) atoms. The van der Waals surface area contributed by atoms with Crippen LogP contribution in [0.5, 0.6) is 0 Å². The van der Waals surface area contributed by atoms with Gasteiger partial charge in [-0.1, -0.05) is 11.6 Å². The van der Waals surface area contributed by atoms with Crippen LogP contribution in [0.25, 0.3) is 0 Å². The van der Waals surface area contributed by atoms with E-state index in [9.17, 15) is 8.42 Å². The minimum atomic E-state index is -3.65. The molecule has 0 bridgehead atoms. The minimum absolute atomic E-state index is 0.133. The second-order valence-corrected chi connectivity index (χ2v) is 6.60. The van der Waals surface area contributed by atoms with Crippen molar-refractivity contribution in [2.24, 2.45) is 0 Å². The normalized spacial score (nSPS) is 11.2. The van der Waals surface area contributed by atoms with Gasteiger partial charge in [0.05, 0.1) is 4.90 Å². The van der Waals surface area contributed by atoms with Crippen molar-refractivity contribution >= 4 is 50.0 Å². The summed E-state index contributed by atoms with van der Waals surface area (Å²) < 4.78 is 27.3. The molecule has 0 unspecified atom stereocenters. The van der Waals surface area contributed by atoms with Crippen LogP contribution in [-0.2, 0) is 10.0 Å². The molecule has 0 aliphatic rings. The third-order valence-corrected chi connectivity index (χ3v) is 4.29. The Morgan fingerprint density at radius 2 is 1.83 bits per heavy atom. The van der Waals surface area contributed by atoms with Gasteiger partial charge in [-0.15, -0.1) is 0 Å². The number of rotatable bonds is 3. The monoisotopic (exact) mass is 395 g/mol. The van der Waals surface area contributed by atoms with Crippen LogP contribution in [-0.4, -0.2) is 18.4 Å². The van der Waals surface area contributed by atoms with Crippen molar-refractivity contribution in [2.75, 3.05) is 4.72 Å². The first-order valence-electron chi connectivity index (χ1n) is 4.73. The van der Waals surface area contributed by atoms with Gasteiger partial charge in [-0.3, -0.25) is 4.72 Å². The topological polar surface area (TPSA) is 72.0 Å². The highest BCUT2D eigenvalue weighted by atomic mass is 127. The lowest BCUT2D eigenvalue weighted by Gasteiger charge is -2.07. The quantitative estimate of drug-likeness (QED) is 0.640. The lowest BCUT2D eigenvalue weighted by Crippen LogP contribution is -2.13. The highest BCUT2D eigenvalue weighted by Crippen LogP contribution is 2.17. The fourth-order valence-electron chi connectivity index (χ4n) is 1.20. The highest BCUT2D eigenvalue weighted by molar-refractivity contribution is 14.1. The summed E-state index contributed by atoms with van der Waals surface area (Å²) in [5, 5.41) is 0.172. The number of halogens is 2. The fourth-order valence-corrected chi connectivity index (χ4v) is 2.71. The van der Waals surface area contributed by atoms with Crippen molar-refractivity contribution in [3.63, 3.8) is 0 Å². The van der Waals surface area contributed by atoms with Gasteiger partial charge in [0, 0.05) is 9.64 Å². The van der Waals surface area contributed by atoms with Crippen molar-refractivity contribution in [1.82, 2.24) is 9.97 Å². The molecule has 8 heteroatoms. The van der Waals surface area contributed by atoms with Gasteiger partial charge < -0.3 is 0 Å². The predicted molar refractivity (Wildman–Crippen MR) is 77.0 cm³/mol. The van der Waals surface area contributed by atoms with Crippen molar-refractivity contribution < 1.29 is 8.42 Å². The van der Waals surface area contributed by atoms with Crippen LogP contribution in [0, 0.1) is 3.57 Å². The Hall–Kier alpha value is -0.930. The standard InChI is InChI=1S/C10H7ClIN3O2S/c11-9-5-10(14-6-13-9)15-18(16,17)8-3-1-7(12)2-4-8/h1-6H,(H,13,14,15). The molecule has 1 aromatic heterocycles. The number of anilines is 1. The van der Waals surface area contributed by atoms with Crippen LogP contribution in [0.1, 0.15) is 0 Å². The zero-order valence-corrected chi connectivity index (χ0v) is 12.6. The van der Waals surface area contributed by atoms with Crippen molar-refractivity contribution in [2.45, 2.75) is 4.90 Å². The molecule has 2 rings (SSSR count). The van der Waals surface area contributed by atoms with E-state index in [1.807, 2.05) is 0 Å². The summed E-state index contributed by atoms with van der Waals surface area (Å²) >= 11 is 7.75. The Morgan fingerprint density at radius 3 is 2.44 bits per heavy atom. The van der Waals surface area contributed by atoms with Gasteiger partial charge in [-0.25, -0.2) is 18.4 Å². The number of nitrogens with zero attached hydrogens (tertiary/aromatic N) is 2. The number of hydrogen-bond acceptors (Lipinski definition) is 4. The molecule has 0 aliphatic carbocycles. The molecule has 0 aliphatic heterocycles. The molecule has 1 aromatic carbocycles. The number of nitrogens with one attached hydrogen (secondary N) is 1. The Bertz CT molecular complexity index is 661. The molecule has 0 fully saturated rings. The van der Waals surface area contributed by atoms with Crippen molar-refractivity contribution in [3.8, 4) is 0 Å². The first-order chi connectivity index (χ1) is 8.47. The predicted octanol–water partition coefficient (Wildman–Crippen LogP) is 2.54. The first-order valence-corrected chi connectivity index (χ1v) is 7.67. The van der Waals surface area contributed by atoms with Gasteiger partial charge in [-0.2, -0.15) is 0 Å². The van der Waals surface area contributed by atoms with Gasteiger partial charge in [0.2, 0.25) is 0 Å². The van der Waals surface area contributed by atoms with Crippen LogP contribution in [0.15, 0.2) is 41.6 Å². The van der Waals surface area contributed by atoms with Crippen LogP contribution < -0.4 is 4.72 Å². The SMILES string of the molecule is O=S(=O)(Nc1cc(Cl)ncn1)c1ccc(I)cc1. The van der Waals surface area contributed by atoms with Crippen LogP contribution in [0.4, 0.5) is 5.82 Å². The Balaban J connectivity index is 2.30. The molecule has 0 spiro atoms. The summed E-state index contributed by atoms with van der Waals surface area (Å²) in [5.41, 5.74) is 0. The van der Waals surface area contributed by atoms with Crippen molar-refractivity contribution in [1.29, 1.82) is 0 Å². The second kappa shape index (κ2) is 5.37. The molecule has 0 saturated heterocycles. The van der Waals surface area contributed by atoms with Gasteiger partial charge in [0.15, 0.2) is 0 Å². The summed E-state index contributed by atoms with van der Waals surface area (Å²) in [6, 6.07) is 7.80. The molecule has 5 nitrogen and oxygen atoms in total. The molecule has 1 heterocycles. The minimum Gasteiger partial charge on any atom is -0.263 e. The fraction of sp³-hybridized carbons (Fsp3) is 0. The number of hydrogen-bond donors (Lipinski definition) is 1. The zero-order chi connectivity index (χ0) is 13.2. The highest BCUT2D eigenvalue weighted by Gasteiger charge is 2.14. The molecule has 0 saturated carbocycles. The summed E-state index contributed by atoms with van der Waals surface area (Å²) in [5.74, 6) is 0.133. The van der Waals surface area contributed by atoms with E-state index in [0.717, 1.165) is 3.57 Å². The maximum Gasteiger partial charge on any atom is 0.263 e. The number of benzene rings is 1. The molecule has 0 radical (unpaired) electrons. The molecule has 2 aromatic rings. The Kier molecular flexibility index (Phi) is 4.03. The van der Waals surface area contributed by atoms with E-state index in [0.29, 0.717) is 0 Å². The second-order valence-electron chi connectivity index (χ2n) is 3.29. The maximum absolute atomic E-state index is 12.0. The molecular weight excluding hydrogens is 389 g/mol. The van der Waals surface area contributed by atoms with E-state index >= 15 is 0 Å². The van der Waals surface area contributed by atoms with E-state index in [4.69, 9.17) is 11.6 Å². The van der Waals surface area contributed by atoms with E-state index < -0.39 is 10.0 Å². The van der Waals surface area contributed by atoms with E-state index in [1.54, 1.807) is 12.1 Å². The maximum atomic E-state index is 12.0. The summed E-state index contributed by atoms with van der Waals surface area (Å²) in [7, 11) is -3.65. The van der Waals surface area contributed by atoms with E-state index in [2.05, 4.69) is 37.3 Å². The van der Waals surface area contributed by atoms with Gasteiger partial charge >= 0.3 is 0 Å². The number of sulfonamides is 1. The Labute approximate surface area is 123 Å². The first kappa shape index (κ1) is 13.5. The lowest BCUT2D eigenvalue weighted by atomic mass is 10.4. The smallest absolute Gasteiger partial charge is 0.263 e. The third kappa shape index (κ3) is 3.30. The van der Waals surface area contributed by atoms with Crippen molar-refractivity contribution in [3.05, 3.63) is 45.4 Å². The molecule has 0 atom stereocenters. The van der Waals surface area contributed by atoms with Gasteiger partial charge in [-0.05, 0) is 46.9 Å². The molecular formula is C10H7ClIN3O2S. The van der Waals surface area contributed by atoms with E-state index in [1.165, 1.54) is 24.5 Å². The largest absolute Gasteiger partial charge is 0.263 e. The average Bonchev–Trinajstić information content (AvgIpc) is 2.29. The lowest BCUT2D eigenvalue weighted by molar-refractivity contribution is 0.601. The van der Waals surface area contributed by atoms with Crippen LogP contribution >= 0.6 is 34.2 Å². The molecule has 1 N–H and O–H groups in total. The van der Waals surface area contributed by atoms with Crippen LogP contribution in [0.3, 0.4) is 0 Å².